The van der Waals surface area contributed by atoms with Crippen molar-refractivity contribution < 1.29 is 14.6 Å². The van der Waals surface area contributed by atoms with Crippen LogP contribution in [0.3, 0.4) is 0 Å². The minimum atomic E-state index is -1.36. The molecule has 0 aliphatic heterocycles. The van der Waals surface area contributed by atoms with Gasteiger partial charge in [0, 0.05) is 22.3 Å². The Hall–Kier alpha value is -2.15. The smallest absolute Gasteiger partial charge is 0.360 e. The number of carbonyl (C=O) groups is 1. The molecule has 2 rings (SSSR count). The summed E-state index contributed by atoms with van der Waals surface area (Å²) >= 11 is 3.37. The van der Waals surface area contributed by atoms with Gasteiger partial charge < -0.3 is 9.84 Å². The maximum atomic E-state index is 11.6. The summed E-state index contributed by atoms with van der Waals surface area (Å²) < 4.78 is 7.22. The van der Waals surface area contributed by atoms with Crippen LogP contribution in [0.25, 0.3) is 5.69 Å². The van der Waals surface area contributed by atoms with Crippen molar-refractivity contribution in [2.24, 2.45) is 0 Å². The summed E-state index contributed by atoms with van der Waals surface area (Å²) in [6.45, 7) is 1.67. The Morgan fingerprint density at radius 3 is 2.70 bits per heavy atom. The Labute approximate surface area is 122 Å². The lowest BCUT2D eigenvalue weighted by Crippen LogP contribution is -2.22. The van der Waals surface area contributed by atoms with E-state index in [4.69, 9.17) is 9.84 Å². The number of aromatic nitrogens is 2. The summed E-state index contributed by atoms with van der Waals surface area (Å²) in [6.07, 6.45) is 0. The average Bonchev–Trinajstić information content (AvgIpc) is 2.39. The molecule has 1 aromatic carbocycles. The lowest BCUT2D eigenvalue weighted by molar-refractivity contribution is 0.0686. The molecule has 0 saturated carbocycles. The molecule has 0 fully saturated rings. The first kappa shape index (κ1) is 14.3. The molecule has 1 aromatic heterocycles. The number of halogens is 1. The highest BCUT2D eigenvalue weighted by Crippen LogP contribution is 2.26. The third-order valence-corrected chi connectivity index (χ3v) is 3.36. The van der Waals surface area contributed by atoms with E-state index in [2.05, 4.69) is 21.0 Å². The Kier molecular flexibility index (Phi) is 3.89. The number of rotatable bonds is 3. The standard InChI is InChI=1S/C13H11BrN2O4/c1-7-5-11(17)12(13(18)19)15-16(7)10-6-8(20-2)3-4-9(10)14/h3-6H,1-2H3,(H,18,19). The van der Waals surface area contributed by atoms with Crippen LogP contribution in [0, 0.1) is 6.92 Å². The zero-order valence-electron chi connectivity index (χ0n) is 10.8. The van der Waals surface area contributed by atoms with Crippen molar-refractivity contribution in [3.05, 3.63) is 50.3 Å². The third kappa shape index (κ3) is 2.57. The highest BCUT2D eigenvalue weighted by atomic mass is 79.9. The third-order valence-electron chi connectivity index (χ3n) is 2.69. The SMILES string of the molecule is COc1ccc(Br)c(-n2nc(C(=O)O)c(=O)cc2C)c1. The second-order valence-corrected chi connectivity index (χ2v) is 4.89. The number of nitrogens with zero attached hydrogens (tertiary/aromatic N) is 2. The molecule has 0 aliphatic carbocycles. The minimum absolute atomic E-state index is 0.522. The topological polar surface area (TPSA) is 81.4 Å². The van der Waals surface area contributed by atoms with Crippen LogP contribution >= 0.6 is 15.9 Å². The van der Waals surface area contributed by atoms with Crippen LogP contribution in [0.1, 0.15) is 16.2 Å². The summed E-state index contributed by atoms with van der Waals surface area (Å²) in [5.74, 6) is -0.761. The second-order valence-electron chi connectivity index (χ2n) is 4.03. The van der Waals surface area contributed by atoms with Gasteiger partial charge in [-0.05, 0) is 35.0 Å². The number of hydrogen-bond acceptors (Lipinski definition) is 4. The Bertz CT molecular complexity index is 740. The molecular formula is C13H11BrN2O4. The minimum Gasteiger partial charge on any atom is -0.497 e. The molecule has 0 saturated heterocycles. The molecule has 0 spiro atoms. The number of carboxylic acids is 1. The quantitative estimate of drug-likeness (QED) is 0.925. The van der Waals surface area contributed by atoms with Gasteiger partial charge in [-0.1, -0.05) is 0 Å². The number of benzene rings is 1. The van der Waals surface area contributed by atoms with Crippen molar-refractivity contribution in [3.63, 3.8) is 0 Å². The molecule has 0 radical (unpaired) electrons. The van der Waals surface area contributed by atoms with Gasteiger partial charge in [0.05, 0.1) is 12.8 Å². The number of aryl methyl sites for hydroxylation is 1. The van der Waals surface area contributed by atoms with Crippen LogP contribution in [-0.2, 0) is 0 Å². The fourth-order valence-corrected chi connectivity index (χ4v) is 2.14. The first-order valence-electron chi connectivity index (χ1n) is 5.62. The van der Waals surface area contributed by atoms with Gasteiger partial charge in [-0.2, -0.15) is 5.10 Å². The summed E-state index contributed by atoms with van der Waals surface area (Å²) in [6, 6.07) is 6.44. The van der Waals surface area contributed by atoms with E-state index in [-0.39, 0.29) is 0 Å². The molecule has 2 aromatic rings. The molecule has 7 heteroatoms. The zero-order chi connectivity index (χ0) is 14.9. The fourth-order valence-electron chi connectivity index (χ4n) is 1.72. The van der Waals surface area contributed by atoms with E-state index in [1.807, 2.05) is 0 Å². The van der Waals surface area contributed by atoms with Crippen LogP contribution in [0.5, 0.6) is 5.75 Å². The molecule has 0 aliphatic rings. The van der Waals surface area contributed by atoms with E-state index in [1.165, 1.54) is 17.9 Å². The normalized spacial score (nSPS) is 10.3. The van der Waals surface area contributed by atoms with Crippen LogP contribution in [0.15, 0.2) is 33.5 Å². The maximum Gasteiger partial charge on any atom is 0.360 e. The van der Waals surface area contributed by atoms with Crippen molar-refractivity contribution in [1.29, 1.82) is 0 Å². The zero-order valence-corrected chi connectivity index (χ0v) is 12.3. The van der Waals surface area contributed by atoms with Crippen LogP contribution in [0.4, 0.5) is 0 Å². The van der Waals surface area contributed by atoms with Gasteiger partial charge in [0.25, 0.3) is 0 Å². The fraction of sp³-hybridized carbons (Fsp3) is 0.154. The lowest BCUT2D eigenvalue weighted by Gasteiger charge is -2.13. The van der Waals surface area contributed by atoms with Gasteiger partial charge in [-0.25, -0.2) is 9.48 Å². The maximum absolute atomic E-state index is 11.6. The Balaban J connectivity index is 2.72. The van der Waals surface area contributed by atoms with E-state index in [0.717, 1.165) is 0 Å². The van der Waals surface area contributed by atoms with E-state index < -0.39 is 17.1 Å². The number of ether oxygens (including phenoxy) is 1. The second kappa shape index (κ2) is 5.46. The number of aromatic carboxylic acids is 1. The van der Waals surface area contributed by atoms with Crippen molar-refractivity contribution in [2.45, 2.75) is 6.92 Å². The molecular weight excluding hydrogens is 328 g/mol. The molecule has 6 nitrogen and oxygen atoms in total. The molecule has 0 unspecified atom stereocenters. The van der Waals surface area contributed by atoms with Crippen LogP contribution in [-0.4, -0.2) is 28.0 Å². The van der Waals surface area contributed by atoms with Gasteiger partial charge in [0.2, 0.25) is 11.1 Å². The molecule has 0 amide bonds. The van der Waals surface area contributed by atoms with Crippen molar-refractivity contribution >= 4 is 21.9 Å². The van der Waals surface area contributed by atoms with Crippen LogP contribution < -0.4 is 10.2 Å². The first-order valence-corrected chi connectivity index (χ1v) is 6.41. The molecule has 0 atom stereocenters. The summed E-state index contributed by atoms with van der Waals surface area (Å²) in [5.41, 5.74) is -0.0334. The van der Waals surface area contributed by atoms with E-state index in [9.17, 15) is 9.59 Å². The molecule has 0 bridgehead atoms. The van der Waals surface area contributed by atoms with Crippen molar-refractivity contribution in [1.82, 2.24) is 9.78 Å². The first-order chi connectivity index (χ1) is 9.43. The molecule has 104 valence electrons. The molecule has 20 heavy (non-hydrogen) atoms. The number of hydrogen-bond donors (Lipinski definition) is 1. The van der Waals surface area contributed by atoms with Gasteiger partial charge in [0.1, 0.15) is 5.75 Å². The number of methoxy groups -OCH3 is 1. The molecule has 1 heterocycles. The van der Waals surface area contributed by atoms with Gasteiger partial charge in [0.15, 0.2) is 0 Å². The van der Waals surface area contributed by atoms with Gasteiger partial charge in [-0.15, -0.1) is 0 Å². The summed E-state index contributed by atoms with van der Waals surface area (Å²) in [4.78, 5) is 22.6. The van der Waals surface area contributed by atoms with Crippen molar-refractivity contribution in [2.75, 3.05) is 7.11 Å². The molecule has 1 N–H and O–H groups in total. The van der Waals surface area contributed by atoms with E-state index in [1.54, 1.807) is 25.1 Å². The largest absolute Gasteiger partial charge is 0.497 e. The highest BCUT2D eigenvalue weighted by Gasteiger charge is 2.15. The van der Waals surface area contributed by atoms with Gasteiger partial charge >= 0.3 is 5.97 Å². The predicted octanol–water partition coefficient (Wildman–Crippen LogP) is 2.01. The lowest BCUT2D eigenvalue weighted by atomic mass is 10.2. The average molecular weight is 339 g/mol. The Morgan fingerprint density at radius 2 is 2.10 bits per heavy atom. The van der Waals surface area contributed by atoms with Crippen LogP contribution in [0.2, 0.25) is 0 Å². The summed E-state index contributed by atoms with van der Waals surface area (Å²) in [5, 5.41) is 12.9. The highest BCUT2D eigenvalue weighted by molar-refractivity contribution is 9.10. The van der Waals surface area contributed by atoms with Crippen molar-refractivity contribution in [3.8, 4) is 11.4 Å². The summed E-state index contributed by atoms with van der Waals surface area (Å²) in [7, 11) is 1.53. The van der Waals surface area contributed by atoms with E-state index >= 15 is 0 Å². The van der Waals surface area contributed by atoms with Gasteiger partial charge in [-0.3, -0.25) is 4.79 Å². The Morgan fingerprint density at radius 1 is 1.40 bits per heavy atom. The van der Waals surface area contributed by atoms with E-state index in [0.29, 0.717) is 21.6 Å². The predicted molar refractivity (Wildman–Crippen MR) is 75.8 cm³/mol. The monoisotopic (exact) mass is 338 g/mol. The number of carboxylic acid groups (broad SMARTS) is 1.